The number of ether oxygens (including phenoxy) is 2. The largest absolute Gasteiger partial charge is 0.453 e. The Morgan fingerprint density at radius 1 is 1.00 bits per heavy atom. The van der Waals surface area contributed by atoms with Gasteiger partial charge in [-0.05, 0) is 43.3 Å². The van der Waals surface area contributed by atoms with Crippen LogP contribution < -0.4 is 10.6 Å². The van der Waals surface area contributed by atoms with Crippen LogP contribution in [0, 0.1) is 0 Å². The number of anilines is 1. The fourth-order valence-electron chi connectivity index (χ4n) is 2.10. The number of nitrogens with one attached hydrogen (secondary N) is 2. The Morgan fingerprint density at radius 2 is 1.64 bits per heavy atom. The summed E-state index contributed by atoms with van der Waals surface area (Å²) in [6.45, 7) is 1.30. The average molecular weight is 405 g/mol. The Bertz CT molecular complexity index is 898. The second kappa shape index (κ2) is 9.52. The monoisotopic (exact) mass is 404 g/mol. The first-order chi connectivity index (χ1) is 13.3. The molecule has 3 amide bonds. The van der Waals surface area contributed by atoms with Crippen LogP contribution in [-0.2, 0) is 14.3 Å². The number of hydrogen-bond donors (Lipinski definition) is 2. The van der Waals surface area contributed by atoms with Crippen molar-refractivity contribution in [1.82, 2.24) is 5.32 Å². The molecule has 0 aliphatic carbocycles. The molecule has 0 aliphatic rings. The number of carbonyl (C=O) groups is 4. The van der Waals surface area contributed by atoms with Gasteiger partial charge in [0.05, 0.1) is 18.4 Å². The molecule has 0 saturated heterocycles. The van der Waals surface area contributed by atoms with Crippen LogP contribution in [0.3, 0.4) is 0 Å². The molecular weight excluding hydrogens is 388 g/mol. The maximum atomic E-state index is 12.4. The van der Waals surface area contributed by atoms with E-state index < -0.39 is 30.0 Å². The molecule has 2 aromatic carbocycles. The highest BCUT2D eigenvalue weighted by Gasteiger charge is 2.23. The third kappa shape index (κ3) is 5.55. The van der Waals surface area contributed by atoms with Crippen LogP contribution in [0.25, 0.3) is 0 Å². The van der Waals surface area contributed by atoms with E-state index in [2.05, 4.69) is 10.1 Å². The third-order valence-corrected chi connectivity index (χ3v) is 3.82. The van der Waals surface area contributed by atoms with E-state index in [4.69, 9.17) is 16.3 Å². The summed E-state index contributed by atoms with van der Waals surface area (Å²) in [6.07, 6.45) is -2.23. The summed E-state index contributed by atoms with van der Waals surface area (Å²) < 4.78 is 9.37. The number of esters is 1. The van der Waals surface area contributed by atoms with Gasteiger partial charge in [0.15, 0.2) is 6.10 Å². The number of para-hydroxylation sites is 1. The minimum Gasteiger partial charge on any atom is -0.453 e. The summed E-state index contributed by atoms with van der Waals surface area (Å²) in [6, 6.07) is 12.4. The highest BCUT2D eigenvalue weighted by atomic mass is 35.5. The summed E-state index contributed by atoms with van der Waals surface area (Å²) in [5.74, 6) is -2.14. The smallest absolute Gasteiger partial charge is 0.413 e. The molecule has 146 valence electrons. The molecule has 0 bridgehead atoms. The van der Waals surface area contributed by atoms with Crippen molar-refractivity contribution >= 4 is 41.2 Å². The van der Waals surface area contributed by atoms with Crippen LogP contribution >= 0.6 is 11.6 Å². The topological polar surface area (TPSA) is 111 Å². The molecule has 0 heterocycles. The van der Waals surface area contributed by atoms with E-state index in [9.17, 15) is 19.2 Å². The Hall–Kier alpha value is -3.39. The maximum absolute atomic E-state index is 12.4. The Balaban J connectivity index is 2.11. The summed E-state index contributed by atoms with van der Waals surface area (Å²) in [7, 11) is 1.10. The molecule has 0 saturated carbocycles. The minimum atomic E-state index is -1.26. The van der Waals surface area contributed by atoms with Crippen LogP contribution in [-0.4, -0.2) is 37.1 Å². The molecule has 0 fully saturated rings. The molecule has 2 aromatic rings. The second-order valence-corrected chi connectivity index (χ2v) is 5.97. The molecule has 28 heavy (non-hydrogen) atoms. The molecule has 8 nitrogen and oxygen atoms in total. The predicted octanol–water partition coefficient (Wildman–Crippen LogP) is 3.02. The van der Waals surface area contributed by atoms with Crippen LogP contribution in [0.15, 0.2) is 48.5 Å². The SMILES string of the molecule is COC(=O)NC(=O)[C@H](C)OC(=O)c1ccccc1NC(=O)c1ccc(Cl)cc1. The fraction of sp³-hybridized carbons (Fsp3) is 0.158. The molecular formula is C19H17ClN2O6. The van der Waals surface area contributed by atoms with Gasteiger partial charge in [-0.25, -0.2) is 9.59 Å². The number of hydrogen-bond acceptors (Lipinski definition) is 6. The van der Waals surface area contributed by atoms with Crippen molar-refractivity contribution in [2.75, 3.05) is 12.4 Å². The molecule has 0 radical (unpaired) electrons. The van der Waals surface area contributed by atoms with Gasteiger partial charge in [-0.2, -0.15) is 0 Å². The van der Waals surface area contributed by atoms with E-state index >= 15 is 0 Å². The number of halogens is 1. The summed E-state index contributed by atoms with van der Waals surface area (Å²) >= 11 is 5.80. The highest BCUT2D eigenvalue weighted by Crippen LogP contribution is 2.19. The Labute approximate surface area is 165 Å². The van der Waals surface area contributed by atoms with Gasteiger partial charge in [0.25, 0.3) is 11.8 Å². The van der Waals surface area contributed by atoms with Crippen LogP contribution in [0.4, 0.5) is 10.5 Å². The number of benzene rings is 2. The maximum Gasteiger partial charge on any atom is 0.413 e. The van der Waals surface area contributed by atoms with Gasteiger partial charge in [-0.3, -0.25) is 14.9 Å². The summed E-state index contributed by atoms with van der Waals surface area (Å²) in [5.41, 5.74) is 0.592. The van der Waals surface area contributed by atoms with Crippen molar-refractivity contribution < 1.29 is 28.7 Å². The van der Waals surface area contributed by atoms with E-state index in [0.29, 0.717) is 10.6 Å². The first kappa shape index (κ1) is 20.9. The van der Waals surface area contributed by atoms with Gasteiger partial charge in [0, 0.05) is 10.6 Å². The van der Waals surface area contributed by atoms with Gasteiger partial charge in [-0.15, -0.1) is 0 Å². The zero-order valence-electron chi connectivity index (χ0n) is 15.0. The fourth-order valence-corrected chi connectivity index (χ4v) is 2.22. The number of imide groups is 1. The van der Waals surface area contributed by atoms with Crippen molar-refractivity contribution in [3.63, 3.8) is 0 Å². The van der Waals surface area contributed by atoms with Crippen LogP contribution in [0.2, 0.25) is 5.02 Å². The average Bonchev–Trinajstić information content (AvgIpc) is 2.68. The van der Waals surface area contributed by atoms with E-state index in [-0.39, 0.29) is 11.3 Å². The van der Waals surface area contributed by atoms with Gasteiger partial charge in [0.2, 0.25) is 0 Å². The highest BCUT2D eigenvalue weighted by molar-refractivity contribution is 6.30. The molecule has 0 unspecified atom stereocenters. The lowest BCUT2D eigenvalue weighted by Crippen LogP contribution is -2.39. The number of amides is 3. The number of methoxy groups -OCH3 is 1. The summed E-state index contributed by atoms with van der Waals surface area (Å²) in [5, 5.41) is 5.00. The van der Waals surface area contributed by atoms with Gasteiger partial charge >= 0.3 is 12.1 Å². The van der Waals surface area contributed by atoms with Crippen molar-refractivity contribution in [2.45, 2.75) is 13.0 Å². The minimum absolute atomic E-state index is 0.0440. The Morgan fingerprint density at radius 3 is 2.29 bits per heavy atom. The van der Waals surface area contributed by atoms with Crippen molar-refractivity contribution in [1.29, 1.82) is 0 Å². The first-order valence-corrected chi connectivity index (χ1v) is 8.45. The Kier molecular flexibility index (Phi) is 7.11. The molecule has 2 rings (SSSR count). The second-order valence-electron chi connectivity index (χ2n) is 5.53. The third-order valence-electron chi connectivity index (χ3n) is 3.57. The van der Waals surface area contributed by atoms with E-state index in [1.165, 1.54) is 31.2 Å². The normalized spacial score (nSPS) is 11.1. The van der Waals surface area contributed by atoms with Crippen LogP contribution in [0.5, 0.6) is 0 Å². The number of carbonyl (C=O) groups excluding carboxylic acids is 4. The lowest BCUT2D eigenvalue weighted by Gasteiger charge is -2.14. The predicted molar refractivity (Wildman–Crippen MR) is 101 cm³/mol. The van der Waals surface area contributed by atoms with Crippen molar-refractivity contribution in [2.24, 2.45) is 0 Å². The lowest BCUT2D eigenvalue weighted by molar-refractivity contribution is -0.128. The van der Waals surface area contributed by atoms with Gasteiger partial charge in [0.1, 0.15) is 0 Å². The number of alkyl carbamates (subject to hydrolysis) is 1. The zero-order valence-corrected chi connectivity index (χ0v) is 15.8. The molecule has 0 aromatic heterocycles. The summed E-state index contributed by atoms with van der Waals surface area (Å²) in [4.78, 5) is 47.6. The molecule has 9 heteroatoms. The number of rotatable bonds is 5. The standard InChI is InChI=1S/C19H17ClN2O6/c1-11(16(23)22-19(26)27-2)28-18(25)14-5-3-4-6-15(14)21-17(24)12-7-9-13(20)10-8-12/h3-11H,1-2H3,(H,21,24)(H,22,23,26)/t11-/m0/s1. The van der Waals surface area contributed by atoms with E-state index in [1.54, 1.807) is 24.3 Å². The quantitative estimate of drug-likeness (QED) is 0.741. The van der Waals surface area contributed by atoms with Crippen molar-refractivity contribution in [3.8, 4) is 0 Å². The molecule has 1 atom stereocenters. The van der Waals surface area contributed by atoms with Crippen molar-refractivity contribution in [3.05, 3.63) is 64.7 Å². The molecule has 0 aliphatic heterocycles. The van der Waals surface area contributed by atoms with Gasteiger partial charge < -0.3 is 14.8 Å². The van der Waals surface area contributed by atoms with Crippen LogP contribution in [0.1, 0.15) is 27.6 Å². The lowest BCUT2D eigenvalue weighted by atomic mass is 10.1. The first-order valence-electron chi connectivity index (χ1n) is 8.07. The van der Waals surface area contributed by atoms with E-state index in [1.807, 2.05) is 5.32 Å². The molecule has 2 N–H and O–H groups in total. The molecule has 0 spiro atoms. The van der Waals surface area contributed by atoms with Gasteiger partial charge in [-0.1, -0.05) is 23.7 Å². The zero-order chi connectivity index (χ0) is 20.7. The van der Waals surface area contributed by atoms with E-state index in [0.717, 1.165) is 7.11 Å².